The topological polar surface area (TPSA) is 57.2 Å². The summed E-state index contributed by atoms with van der Waals surface area (Å²) in [7, 11) is 1.75. The van der Waals surface area contributed by atoms with Crippen LogP contribution in [0.5, 0.6) is 0 Å². The summed E-state index contributed by atoms with van der Waals surface area (Å²) in [5, 5.41) is 9.54. The predicted molar refractivity (Wildman–Crippen MR) is 75.7 cm³/mol. The molecule has 1 saturated carbocycles. The van der Waals surface area contributed by atoms with Crippen LogP contribution in [0.4, 0.5) is 0 Å². The van der Waals surface area contributed by atoms with Crippen LogP contribution in [-0.4, -0.2) is 17.9 Å². The van der Waals surface area contributed by atoms with E-state index in [1.165, 1.54) is 0 Å². The first-order chi connectivity index (χ1) is 9.57. The number of nitrogens with zero attached hydrogens (tertiary/aromatic N) is 2. The Bertz CT molecular complexity index is 505. The SMILES string of the molecule is Cc1ccc(CN(C)C(=O)C2(C#N)CCCCCC2)o1. The zero-order chi connectivity index (χ0) is 14.6. The third-order valence-electron chi connectivity index (χ3n) is 4.12. The highest BCUT2D eigenvalue weighted by Crippen LogP contribution is 2.36. The average Bonchev–Trinajstić information content (AvgIpc) is 2.71. The molecule has 0 radical (unpaired) electrons. The number of hydrogen-bond donors (Lipinski definition) is 0. The summed E-state index contributed by atoms with van der Waals surface area (Å²) in [5.74, 6) is 1.54. The minimum atomic E-state index is -0.827. The highest BCUT2D eigenvalue weighted by molar-refractivity contribution is 5.85. The van der Waals surface area contributed by atoms with E-state index < -0.39 is 5.41 Å². The Hall–Kier alpha value is -1.76. The molecule has 0 saturated heterocycles. The smallest absolute Gasteiger partial charge is 0.243 e. The van der Waals surface area contributed by atoms with Gasteiger partial charge in [-0.2, -0.15) is 5.26 Å². The lowest BCUT2D eigenvalue weighted by Gasteiger charge is -2.28. The van der Waals surface area contributed by atoms with Crippen molar-refractivity contribution in [3.8, 4) is 6.07 Å². The molecule has 4 heteroatoms. The van der Waals surface area contributed by atoms with Crippen LogP contribution in [-0.2, 0) is 11.3 Å². The molecule has 2 rings (SSSR count). The van der Waals surface area contributed by atoms with Gasteiger partial charge >= 0.3 is 0 Å². The molecule has 0 unspecified atom stereocenters. The van der Waals surface area contributed by atoms with Crippen LogP contribution in [0.2, 0.25) is 0 Å². The first-order valence-electron chi connectivity index (χ1n) is 7.29. The summed E-state index contributed by atoms with van der Waals surface area (Å²) in [6.45, 7) is 2.31. The highest BCUT2D eigenvalue weighted by Gasteiger charge is 2.40. The molecule has 1 aliphatic rings. The van der Waals surface area contributed by atoms with Crippen molar-refractivity contribution >= 4 is 5.91 Å². The van der Waals surface area contributed by atoms with Crippen molar-refractivity contribution < 1.29 is 9.21 Å². The first-order valence-corrected chi connectivity index (χ1v) is 7.29. The van der Waals surface area contributed by atoms with Gasteiger partial charge < -0.3 is 9.32 Å². The van der Waals surface area contributed by atoms with E-state index in [0.29, 0.717) is 19.4 Å². The van der Waals surface area contributed by atoms with E-state index in [0.717, 1.165) is 37.2 Å². The summed E-state index contributed by atoms with van der Waals surface area (Å²) in [4.78, 5) is 14.3. The van der Waals surface area contributed by atoms with Gasteiger partial charge in [-0.25, -0.2) is 0 Å². The van der Waals surface area contributed by atoms with Crippen molar-refractivity contribution in [3.05, 3.63) is 23.7 Å². The molecule has 20 heavy (non-hydrogen) atoms. The lowest BCUT2D eigenvalue weighted by Crippen LogP contribution is -2.40. The molecular formula is C16H22N2O2. The van der Waals surface area contributed by atoms with Crippen LogP contribution in [0, 0.1) is 23.7 Å². The molecule has 0 atom stereocenters. The zero-order valence-electron chi connectivity index (χ0n) is 12.3. The minimum Gasteiger partial charge on any atom is -0.464 e. The Balaban J connectivity index is 2.09. The molecule has 108 valence electrons. The highest BCUT2D eigenvalue weighted by atomic mass is 16.3. The number of furan rings is 1. The van der Waals surface area contributed by atoms with Crippen LogP contribution in [0.1, 0.15) is 50.0 Å². The number of carbonyl (C=O) groups excluding carboxylic acids is 1. The molecule has 0 aliphatic heterocycles. The second-order valence-electron chi connectivity index (χ2n) is 5.78. The number of aryl methyl sites for hydroxylation is 1. The normalized spacial score (nSPS) is 18.1. The maximum atomic E-state index is 12.7. The predicted octanol–water partition coefficient (Wildman–Crippen LogP) is 3.41. The Morgan fingerprint density at radius 3 is 2.50 bits per heavy atom. The standard InChI is InChI=1S/C16H22N2O2/c1-13-7-8-14(20-13)11-18(2)15(19)16(12-17)9-5-3-4-6-10-16/h7-8H,3-6,9-11H2,1-2H3. The van der Waals surface area contributed by atoms with Gasteiger partial charge in [0.15, 0.2) is 0 Å². The summed E-state index contributed by atoms with van der Waals surface area (Å²) in [6.07, 6.45) is 5.54. The van der Waals surface area contributed by atoms with Crippen molar-refractivity contribution in [1.82, 2.24) is 4.90 Å². The van der Waals surface area contributed by atoms with Gasteiger partial charge in [-0.3, -0.25) is 4.79 Å². The number of rotatable bonds is 3. The van der Waals surface area contributed by atoms with E-state index >= 15 is 0 Å². The number of carbonyl (C=O) groups is 1. The molecule has 0 N–H and O–H groups in total. The van der Waals surface area contributed by atoms with Crippen LogP contribution >= 0.6 is 0 Å². The van der Waals surface area contributed by atoms with Crippen LogP contribution in [0.3, 0.4) is 0 Å². The van der Waals surface area contributed by atoms with E-state index in [1.54, 1.807) is 11.9 Å². The van der Waals surface area contributed by atoms with Gasteiger partial charge in [0.1, 0.15) is 16.9 Å². The molecule has 1 fully saturated rings. The number of amides is 1. The van der Waals surface area contributed by atoms with E-state index in [-0.39, 0.29) is 5.91 Å². The zero-order valence-corrected chi connectivity index (χ0v) is 12.3. The molecular weight excluding hydrogens is 252 g/mol. The van der Waals surface area contributed by atoms with Crippen molar-refractivity contribution in [2.75, 3.05) is 7.05 Å². The van der Waals surface area contributed by atoms with Gasteiger partial charge in [-0.15, -0.1) is 0 Å². The van der Waals surface area contributed by atoms with Gasteiger partial charge in [-0.05, 0) is 31.9 Å². The molecule has 1 aromatic rings. The van der Waals surface area contributed by atoms with Crippen LogP contribution < -0.4 is 0 Å². The van der Waals surface area contributed by atoms with E-state index in [9.17, 15) is 10.1 Å². The summed E-state index contributed by atoms with van der Waals surface area (Å²) in [5.41, 5.74) is -0.827. The summed E-state index contributed by atoms with van der Waals surface area (Å²) in [6, 6.07) is 6.08. The molecule has 0 aromatic carbocycles. The maximum absolute atomic E-state index is 12.7. The second kappa shape index (κ2) is 6.13. The Kier molecular flexibility index (Phi) is 4.49. The van der Waals surface area contributed by atoms with Crippen molar-refractivity contribution in [2.24, 2.45) is 5.41 Å². The van der Waals surface area contributed by atoms with Crippen molar-refractivity contribution in [3.63, 3.8) is 0 Å². The lowest BCUT2D eigenvalue weighted by molar-refractivity contribution is -0.139. The van der Waals surface area contributed by atoms with Gasteiger partial charge in [0.05, 0.1) is 12.6 Å². The Morgan fingerprint density at radius 1 is 1.35 bits per heavy atom. The largest absolute Gasteiger partial charge is 0.464 e. The van der Waals surface area contributed by atoms with Crippen LogP contribution in [0.25, 0.3) is 0 Å². The fourth-order valence-electron chi connectivity index (χ4n) is 2.95. The molecule has 0 bridgehead atoms. The fraction of sp³-hybridized carbons (Fsp3) is 0.625. The Morgan fingerprint density at radius 2 is 2.00 bits per heavy atom. The second-order valence-corrected chi connectivity index (χ2v) is 5.78. The first kappa shape index (κ1) is 14.6. The number of nitriles is 1. The molecule has 4 nitrogen and oxygen atoms in total. The van der Waals surface area contributed by atoms with E-state index in [4.69, 9.17) is 4.42 Å². The molecule has 1 amide bonds. The van der Waals surface area contributed by atoms with Crippen molar-refractivity contribution in [2.45, 2.75) is 52.0 Å². The molecule has 1 heterocycles. The Labute approximate surface area is 120 Å². The number of hydrogen-bond acceptors (Lipinski definition) is 3. The molecule has 0 spiro atoms. The monoisotopic (exact) mass is 274 g/mol. The minimum absolute atomic E-state index is 0.0593. The van der Waals surface area contributed by atoms with Crippen molar-refractivity contribution in [1.29, 1.82) is 5.26 Å². The van der Waals surface area contributed by atoms with Gasteiger partial charge in [-0.1, -0.05) is 25.7 Å². The van der Waals surface area contributed by atoms with Crippen LogP contribution in [0.15, 0.2) is 16.5 Å². The van der Waals surface area contributed by atoms with Gasteiger partial charge in [0.2, 0.25) is 5.91 Å². The summed E-state index contributed by atoms with van der Waals surface area (Å²) >= 11 is 0. The maximum Gasteiger partial charge on any atom is 0.243 e. The third kappa shape index (κ3) is 3.04. The summed E-state index contributed by atoms with van der Waals surface area (Å²) < 4.78 is 5.51. The molecule has 1 aliphatic carbocycles. The average molecular weight is 274 g/mol. The fourth-order valence-corrected chi connectivity index (χ4v) is 2.95. The molecule has 1 aromatic heterocycles. The van der Waals surface area contributed by atoms with E-state index in [1.807, 2.05) is 19.1 Å². The van der Waals surface area contributed by atoms with E-state index in [2.05, 4.69) is 6.07 Å². The van der Waals surface area contributed by atoms with Gasteiger partial charge in [0.25, 0.3) is 0 Å². The third-order valence-corrected chi connectivity index (χ3v) is 4.12. The lowest BCUT2D eigenvalue weighted by atomic mass is 9.80. The van der Waals surface area contributed by atoms with Gasteiger partial charge in [0, 0.05) is 7.05 Å². The quantitative estimate of drug-likeness (QED) is 0.794.